The standard InChI is InChI=1S/C14H15N3O3/c1-9(18)12-8-17-13(16-6-7-20-14(15)19)11-5-3-2-4-10(11)12/h2-5,8H,6-7H2,1H3,(H2,15,19)(H,16,17). The third kappa shape index (κ3) is 3.03. The monoisotopic (exact) mass is 273 g/mol. The van der Waals surface area contributed by atoms with Crippen molar-refractivity contribution in [1.29, 1.82) is 0 Å². The van der Waals surface area contributed by atoms with Gasteiger partial charge >= 0.3 is 6.09 Å². The summed E-state index contributed by atoms with van der Waals surface area (Å²) >= 11 is 0. The van der Waals surface area contributed by atoms with Crippen molar-refractivity contribution in [3.8, 4) is 0 Å². The molecule has 1 aromatic carbocycles. The number of amides is 1. The molecule has 6 nitrogen and oxygen atoms in total. The summed E-state index contributed by atoms with van der Waals surface area (Å²) in [5, 5.41) is 4.74. The van der Waals surface area contributed by atoms with Crippen LogP contribution in [0.15, 0.2) is 30.5 Å². The summed E-state index contributed by atoms with van der Waals surface area (Å²) in [5.74, 6) is 0.607. The molecule has 0 radical (unpaired) electrons. The number of carbonyl (C=O) groups is 2. The molecule has 0 saturated heterocycles. The number of primary amides is 1. The Morgan fingerprint density at radius 2 is 2.00 bits per heavy atom. The molecule has 6 heteroatoms. The number of ketones is 1. The van der Waals surface area contributed by atoms with Gasteiger partial charge in [0.2, 0.25) is 0 Å². The lowest BCUT2D eigenvalue weighted by molar-refractivity contribution is 0.101. The Bertz CT molecular complexity index is 655. The average Bonchev–Trinajstić information content (AvgIpc) is 2.43. The number of Topliss-reactive ketones (excluding diaryl/α,β-unsaturated/α-hetero) is 1. The quantitative estimate of drug-likeness (QED) is 0.641. The van der Waals surface area contributed by atoms with Gasteiger partial charge in [-0.25, -0.2) is 9.78 Å². The molecule has 0 fully saturated rings. The minimum Gasteiger partial charge on any atom is -0.448 e. The molecule has 1 amide bonds. The van der Waals surface area contributed by atoms with Gasteiger partial charge in [0.1, 0.15) is 12.4 Å². The Morgan fingerprint density at radius 1 is 1.30 bits per heavy atom. The van der Waals surface area contributed by atoms with Crippen LogP contribution in [0.25, 0.3) is 10.8 Å². The first kappa shape index (κ1) is 13.8. The van der Waals surface area contributed by atoms with Crippen LogP contribution in [-0.4, -0.2) is 30.0 Å². The number of nitrogens with two attached hydrogens (primary N) is 1. The van der Waals surface area contributed by atoms with E-state index in [1.165, 1.54) is 6.92 Å². The third-order valence-corrected chi connectivity index (χ3v) is 2.81. The zero-order valence-corrected chi connectivity index (χ0v) is 11.1. The van der Waals surface area contributed by atoms with E-state index in [4.69, 9.17) is 5.73 Å². The van der Waals surface area contributed by atoms with E-state index in [-0.39, 0.29) is 12.4 Å². The molecule has 2 aromatic rings. The van der Waals surface area contributed by atoms with Crippen molar-refractivity contribution in [2.75, 3.05) is 18.5 Å². The molecule has 2 rings (SSSR count). The number of ether oxygens (including phenoxy) is 1. The van der Waals surface area contributed by atoms with Gasteiger partial charge < -0.3 is 15.8 Å². The minimum atomic E-state index is -0.809. The molecule has 0 aliphatic heterocycles. The lowest BCUT2D eigenvalue weighted by Gasteiger charge is -2.10. The third-order valence-electron chi connectivity index (χ3n) is 2.81. The highest BCUT2D eigenvalue weighted by Gasteiger charge is 2.09. The van der Waals surface area contributed by atoms with E-state index in [2.05, 4.69) is 15.0 Å². The second-order valence-electron chi connectivity index (χ2n) is 4.22. The van der Waals surface area contributed by atoms with E-state index in [1.54, 1.807) is 6.20 Å². The Balaban J connectivity index is 2.24. The van der Waals surface area contributed by atoms with Crippen LogP contribution in [0.3, 0.4) is 0 Å². The number of fused-ring (bicyclic) bond motifs is 1. The summed E-state index contributed by atoms with van der Waals surface area (Å²) in [6, 6.07) is 7.50. The second kappa shape index (κ2) is 6.01. The highest BCUT2D eigenvalue weighted by molar-refractivity contribution is 6.09. The van der Waals surface area contributed by atoms with Gasteiger partial charge in [0.05, 0.1) is 6.54 Å². The van der Waals surface area contributed by atoms with Crippen LogP contribution in [0, 0.1) is 0 Å². The Hall–Kier alpha value is -2.63. The molecular weight excluding hydrogens is 258 g/mol. The van der Waals surface area contributed by atoms with Gasteiger partial charge in [-0.15, -0.1) is 0 Å². The number of carbonyl (C=O) groups excluding carboxylic acids is 2. The van der Waals surface area contributed by atoms with Gasteiger partial charge in [-0.05, 0) is 12.3 Å². The SMILES string of the molecule is CC(=O)c1cnc(NCCOC(N)=O)c2ccccc12. The van der Waals surface area contributed by atoms with Crippen molar-refractivity contribution < 1.29 is 14.3 Å². The summed E-state index contributed by atoms with van der Waals surface area (Å²) in [6.07, 6.45) is 0.735. The zero-order chi connectivity index (χ0) is 14.5. The van der Waals surface area contributed by atoms with E-state index in [9.17, 15) is 9.59 Å². The van der Waals surface area contributed by atoms with E-state index in [0.29, 0.717) is 17.9 Å². The van der Waals surface area contributed by atoms with Crippen LogP contribution in [0.5, 0.6) is 0 Å². The van der Waals surface area contributed by atoms with Crippen molar-refractivity contribution in [3.05, 3.63) is 36.0 Å². The molecule has 0 aliphatic rings. The van der Waals surface area contributed by atoms with E-state index < -0.39 is 6.09 Å². The van der Waals surface area contributed by atoms with Crippen LogP contribution in [0.2, 0.25) is 0 Å². The smallest absolute Gasteiger partial charge is 0.404 e. The van der Waals surface area contributed by atoms with Gasteiger partial charge in [-0.1, -0.05) is 24.3 Å². The number of anilines is 1. The van der Waals surface area contributed by atoms with Crippen molar-refractivity contribution in [2.24, 2.45) is 5.73 Å². The molecule has 0 spiro atoms. The van der Waals surface area contributed by atoms with E-state index >= 15 is 0 Å². The largest absolute Gasteiger partial charge is 0.448 e. The maximum absolute atomic E-state index is 11.6. The lowest BCUT2D eigenvalue weighted by Crippen LogP contribution is -2.18. The molecule has 0 bridgehead atoms. The maximum Gasteiger partial charge on any atom is 0.404 e. The summed E-state index contributed by atoms with van der Waals surface area (Å²) in [7, 11) is 0. The molecule has 0 saturated carbocycles. The van der Waals surface area contributed by atoms with E-state index in [0.717, 1.165) is 10.8 Å². The summed E-state index contributed by atoms with van der Waals surface area (Å²) in [5.41, 5.74) is 5.46. The highest BCUT2D eigenvalue weighted by Crippen LogP contribution is 2.24. The fourth-order valence-corrected chi connectivity index (χ4v) is 1.94. The lowest BCUT2D eigenvalue weighted by atomic mass is 10.0. The molecular formula is C14H15N3O3. The number of nitrogens with one attached hydrogen (secondary N) is 1. The predicted molar refractivity (Wildman–Crippen MR) is 75.8 cm³/mol. The van der Waals surface area contributed by atoms with E-state index in [1.807, 2.05) is 24.3 Å². The molecule has 0 aliphatic carbocycles. The fourth-order valence-electron chi connectivity index (χ4n) is 1.94. The molecule has 1 heterocycles. The summed E-state index contributed by atoms with van der Waals surface area (Å²) in [6.45, 7) is 2.05. The zero-order valence-electron chi connectivity index (χ0n) is 11.1. The number of nitrogens with zero attached hydrogens (tertiary/aromatic N) is 1. The number of hydrogen-bond acceptors (Lipinski definition) is 5. The normalized spacial score (nSPS) is 10.2. The number of pyridine rings is 1. The number of benzene rings is 1. The van der Waals surface area contributed by atoms with Gasteiger partial charge in [-0.3, -0.25) is 4.79 Å². The Kier molecular flexibility index (Phi) is 4.14. The first-order valence-corrected chi connectivity index (χ1v) is 6.14. The van der Waals surface area contributed by atoms with Crippen LogP contribution in [-0.2, 0) is 4.74 Å². The second-order valence-corrected chi connectivity index (χ2v) is 4.22. The highest BCUT2D eigenvalue weighted by atomic mass is 16.5. The maximum atomic E-state index is 11.6. The summed E-state index contributed by atoms with van der Waals surface area (Å²) in [4.78, 5) is 26.3. The van der Waals surface area contributed by atoms with Gasteiger partial charge in [0.25, 0.3) is 0 Å². The predicted octanol–water partition coefficient (Wildman–Crippen LogP) is 1.94. The topological polar surface area (TPSA) is 94.3 Å². The van der Waals surface area contributed by atoms with Crippen LogP contribution in [0.4, 0.5) is 10.6 Å². The first-order chi connectivity index (χ1) is 9.59. The van der Waals surface area contributed by atoms with Crippen LogP contribution >= 0.6 is 0 Å². The van der Waals surface area contributed by atoms with Crippen LogP contribution < -0.4 is 11.1 Å². The Labute approximate surface area is 115 Å². The van der Waals surface area contributed by atoms with Gasteiger partial charge in [0, 0.05) is 17.1 Å². The number of rotatable bonds is 5. The molecule has 3 N–H and O–H groups in total. The first-order valence-electron chi connectivity index (χ1n) is 6.14. The molecule has 20 heavy (non-hydrogen) atoms. The van der Waals surface area contributed by atoms with Gasteiger partial charge in [-0.2, -0.15) is 0 Å². The molecule has 0 unspecified atom stereocenters. The number of aromatic nitrogens is 1. The van der Waals surface area contributed by atoms with Gasteiger partial charge in [0.15, 0.2) is 5.78 Å². The molecule has 1 aromatic heterocycles. The van der Waals surface area contributed by atoms with Crippen molar-refractivity contribution >= 4 is 28.5 Å². The Morgan fingerprint density at radius 3 is 2.65 bits per heavy atom. The van der Waals surface area contributed by atoms with Crippen LogP contribution in [0.1, 0.15) is 17.3 Å². The average molecular weight is 273 g/mol. The number of hydrogen-bond donors (Lipinski definition) is 2. The fraction of sp³-hybridized carbons (Fsp3) is 0.214. The minimum absolute atomic E-state index is 0.0303. The van der Waals surface area contributed by atoms with Crippen molar-refractivity contribution in [3.63, 3.8) is 0 Å². The molecule has 104 valence electrons. The molecule has 0 atom stereocenters. The van der Waals surface area contributed by atoms with Crippen molar-refractivity contribution in [2.45, 2.75) is 6.92 Å². The van der Waals surface area contributed by atoms with Crippen molar-refractivity contribution in [1.82, 2.24) is 4.98 Å². The summed E-state index contributed by atoms with van der Waals surface area (Å²) < 4.78 is 4.63.